The maximum Gasteiger partial charge on any atom is 0.223 e. The zero-order valence-corrected chi connectivity index (χ0v) is 12.6. The van der Waals surface area contributed by atoms with Crippen molar-refractivity contribution in [1.82, 2.24) is 14.9 Å². The van der Waals surface area contributed by atoms with E-state index in [9.17, 15) is 4.79 Å². The summed E-state index contributed by atoms with van der Waals surface area (Å²) in [4.78, 5) is 22.6. The molecule has 1 fully saturated rings. The van der Waals surface area contributed by atoms with E-state index in [-0.39, 0.29) is 5.91 Å². The van der Waals surface area contributed by atoms with Gasteiger partial charge >= 0.3 is 0 Å². The summed E-state index contributed by atoms with van der Waals surface area (Å²) in [7, 11) is 0. The number of aromatic nitrogens is 2. The average Bonchev–Trinajstić information content (AvgIpc) is 2.80. The van der Waals surface area contributed by atoms with Crippen molar-refractivity contribution in [2.24, 2.45) is 11.8 Å². The van der Waals surface area contributed by atoms with Crippen LogP contribution in [0.3, 0.4) is 0 Å². The third kappa shape index (κ3) is 3.68. The molecule has 0 spiro atoms. The molecular formula is C15H24N4O. The van der Waals surface area contributed by atoms with Crippen molar-refractivity contribution in [1.29, 1.82) is 0 Å². The van der Waals surface area contributed by atoms with E-state index in [0.29, 0.717) is 24.8 Å². The predicted molar refractivity (Wildman–Crippen MR) is 79.2 cm³/mol. The molecule has 1 aliphatic rings. The number of anilines is 1. The second-order valence-corrected chi connectivity index (χ2v) is 5.80. The normalized spacial score (nSPS) is 18.9. The summed E-state index contributed by atoms with van der Waals surface area (Å²) >= 11 is 0. The van der Waals surface area contributed by atoms with Gasteiger partial charge in [0.2, 0.25) is 5.91 Å². The predicted octanol–water partition coefficient (Wildman–Crippen LogP) is 2.30. The molecule has 2 rings (SSSR count). The fourth-order valence-corrected chi connectivity index (χ4v) is 2.38. The van der Waals surface area contributed by atoms with Gasteiger partial charge in [-0.15, -0.1) is 0 Å². The number of nitrogens with zero attached hydrogens (tertiary/aromatic N) is 3. The van der Waals surface area contributed by atoms with E-state index in [1.807, 2.05) is 4.90 Å². The van der Waals surface area contributed by atoms with Crippen molar-refractivity contribution in [2.75, 3.05) is 18.4 Å². The van der Waals surface area contributed by atoms with Crippen molar-refractivity contribution in [2.45, 2.75) is 40.2 Å². The SMILES string of the molecule is CCCNc1cnc(CN2CC(C(C)C)CC2=O)cn1. The zero-order chi connectivity index (χ0) is 14.5. The molecule has 0 aliphatic carbocycles. The van der Waals surface area contributed by atoms with Crippen LogP contribution in [0.1, 0.15) is 39.3 Å². The van der Waals surface area contributed by atoms with E-state index >= 15 is 0 Å². The number of hydrogen-bond acceptors (Lipinski definition) is 4. The van der Waals surface area contributed by atoms with E-state index in [0.717, 1.165) is 31.0 Å². The quantitative estimate of drug-likeness (QED) is 0.866. The van der Waals surface area contributed by atoms with Crippen LogP contribution in [0.15, 0.2) is 12.4 Å². The lowest BCUT2D eigenvalue weighted by Crippen LogP contribution is -2.25. The molecular weight excluding hydrogens is 252 g/mol. The van der Waals surface area contributed by atoms with Crippen LogP contribution >= 0.6 is 0 Å². The number of carbonyl (C=O) groups is 1. The molecule has 1 unspecified atom stereocenters. The van der Waals surface area contributed by atoms with Crippen LogP contribution < -0.4 is 5.32 Å². The highest BCUT2D eigenvalue weighted by molar-refractivity contribution is 5.78. The molecule has 2 heterocycles. The van der Waals surface area contributed by atoms with Gasteiger partial charge in [-0.3, -0.25) is 9.78 Å². The molecule has 1 amide bonds. The molecule has 20 heavy (non-hydrogen) atoms. The monoisotopic (exact) mass is 276 g/mol. The fourth-order valence-electron chi connectivity index (χ4n) is 2.38. The van der Waals surface area contributed by atoms with Gasteiger partial charge in [-0.1, -0.05) is 20.8 Å². The van der Waals surface area contributed by atoms with Gasteiger partial charge in [0.05, 0.1) is 24.6 Å². The third-order valence-electron chi connectivity index (χ3n) is 3.80. The Morgan fingerprint density at radius 3 is 2.75 bits per heavy atom. The molecule has 0 bridgehead atoms. The van der Waals surface area contributed by atoms with Crippen LogP contribution in [-0.2, 0) is 11.3 Å². The second kappa shape index (κ2) is 6.68. The first-order chi connectivity index (χ1) is 9.60. The standard InChI is InChI=1S/C15H24N4O/c1-4-5-16-14-8-17-13(7-18-14)10-19-9-12(11(2)3)6-15(19)20/h7-8,11-12H,4-6,9-10H2,1-3H3,(H,16,18). The first-order valence-electron chi connectivity index (χ1n) is 7.42. The summed E-state index contributed by atoms with van der Waals surface area (Å²) in [6.07, 6.45) is 5.23. The number of amides is 1. The fraction of sp³-hybridized carbons (Fsp3) is 0.667. The first kappa shape index (κ1) is 14.8. The van der Waals surface area contributed by atoms with Gasteiger partial charge in [-0.25, -0.2) is 4.98 Å². The largest absolute Gasteiger partial charge is 0.369 e. The maximum absolute atomic E-state index is 12.0. The Hall–Kier alpha value is -1.65. The van der Waals surface area contributed by atoms with Gasteiger partial charge in [0, 0.05) is 19.5 Å². The average molecular weight is 276 g/mol. The van der Waals surface area contributed by atoms with Gasteiger partial charge < -0.3 is 10.2 Å². The van der Waals surface area contributed by atoms with Gasteiger partial charge in [0.25, 0.3) is 0 Å². The Bertz CT molecular complexity index is 444. The Morgan fingerprint density at radius 1 is 1.40 bits per heavy atom. The van der Waals surface area contributed by atoms with Gasteiger partial charge in [-0.05, 0) is 18.3 Å². The minimum Gasteiger partial charge on any atom is -0.369 e. The van der Waals surface area contributed by atoms with E-state index < -0.39 is 0 Å². The van der Waals surface area contributed by atoms with Crippen molar-refractivity contribution in [3.8, 4) is 0 Å². The molecule has 110 valence electrons. The molecule has 0 saturated carbocycles. The molecule has 0 aromatic carbocycles. The van der Waals surface area contributed by atoms with E-state index in [1.54, 1.807) is 12.4 Å². The van der Waals surface area contributed by atoms with Crippen LogP contribution in [0.25, 0.3) is 0 Å². The lowest BCUT2D eigenvalue weighted by molar-refractivity contribution is -0.128. The summed E-state index contributed by atoms with van der Waals surface area (Å²) in [5, 5.41) is 3.19. The summed E-state index contributed by atoms with van der Waals surface area (Å²) in [5.74, 6) is 2.05. The lowest BCUT2D eigenvalue weighted by atomic mass is 9.95. The Balaban J connectivity index is 1.91. The number of rotatable bonds is 6. The second-order valence-electron chi connectivity index (χ2n) is 5.80. The number of nitrogens with one attached hydrogen (secondary N) is 1. The van der Waals surface area contributed by atoms with Crippen molar-refractivity contribution in [3.63, 3.8) is 0 Å². The number of hydrogen-bond donors (Lipinski definition) is 1. The smallest absolute Gasteiger partial charge is 0.223 e. The van der Waals surface area contributed by atoms with Crippen LogP contribution in [0.4, 0.5) is 5.82 Å². The molecule has 5 nitrogen and oxygen atoms in total. The zero-order valence-electron chi connectivity index (χ0n) is 12.6. The maximum atomic E-state index is 12.0. The Labute approximate surface area is 120 Å². The van der Waals surface area contributed by atoms with E-state index in [1.165, 1.54) is 0 Å². The van der Waals surface area contributed by atoms with Crippen LogP contribution in [0.5, 0.6) is 0 Å². The molecule has 1 N–H and O–H groups in total. The molecule has 1 atom stereocenters. The number of likely N-dealkylation sites (tertiary alicyclic amines) is 1. The lowest BCUT2D eigenvalue weighted by Gasteiger charge is -2.17. The molecule has 0 radical (unpaired) electrons. The summed E-state index contributed by atoms with van der Waals surface area (Å²) in [5.41, 5.74) is 0.852. The highest BCUT2D eigenvalue weighted by Gasteiger charge is 2.31. The minimum absolute atomic E-state index is 0.235. The summed E-state index contributed by atoms with van der Waals surface area (Å²) < 4.78 is 0. The highest BCUT2D eigenvalue weighted by Crippen LogP contribution is 2.25. The Kier molecular flexibility index (Phi) is 4.93. The molecule has 1 aromatic heterocycles. The van der Waals surface area contributed by atoms with Gasteiger partial charge in [0.15, 0.2) is 0 Å². The van der Waals surface area contributed by atoms with Crippen LogP contribution in [-0.4, -0.2) is 33.9 Å². The first-order valence-corrected chi connectivity index (χ1v) is 7.42. The highest BCUT2D eigenvalue weighted by atomic mass is 16.2. The molecule has 1 aliphatic heterocycles. The van der Waals surface area contributed by atoms with Crippen molar-refractivity contribution < 1.29 is 4.79 Å². The third-order valence-corrected chi connectivity index (χ3v) is 3.80. The van der Waals surface area contributed by atoms with E-state index in [4.69, 9.17) is 0 Å². The summed E-state index contributed by atoms with van der Waals surface area (Å²) in [6.45, 7) is 8.77. The van der Waals surface area contributed by atoms with Crippen LogP contribution in [0, 0.1) is 11.8 Å². The topological polar surface area (TPSA) is 58.1 Å². The molecule has 1 aromatic rings. The molecule has 5 heteroatoms. The van der Waals surface area contributed by atoms with Crippen molar-refractivity contribution in [3.05, 3.63) is 18.1 Å². The summed E-state index contributed by atoms with van der Waals surface area (Å²) in [6, 6.07) is 0. The van der Waals surface area contributed by atoms with Gasteiger partial charge in [0.1, 0.15) is 5.82 Å². The van der Waals surface area contributed by atoms with Crippen molar-refractivity contribution >= 4 is 11.7 Å². The minimum atomic E-state index is 0.235. The van der Waals surface area contributed by atoms with Crippen LogP contribution in [0.2, 0.25) is 0 Å². The molecule has 1 saturated heterocycles. The van der Waals surface area contributed by atoms with Gasteiger partial charge in [-0.2, -0.15) is 0 Å². The number of carbonyl (C=O) groups excluding carboxylic acids is 1. The van der Waals surface area contributed by atoms with E-state index in [2.05, 4.69) is 36.1 Å². The Morgan fingerprint density at radius 2 is 2.20 bits per heavy atom.